The Bertz CT molecular complexity index is 7290. The Morgan fingerprint density at radius 3 is 0.333 bits per heavy atom. The Labute approximate surface area is 730 Å². The third-order valence-corrected chi connectivity index (χ3v) is 22.0. The molecule has 0 saturated carbocycles. The average molecular weight is 1610 g/mol. The van der Waals surface area contributed by atoms with Crippen molar-refractivity contribution in [3.63, 3.8) is 0 Å². The number of rotatable bonds is 19. The van der Waals surface area contributed by atoms with E-state index in [0.29, 0.717) is 69.9 Å². The topological polar surface area (TPSA) is 155 Å². The van der Waals surface area contributed by atoms with Crippen molar-refractivity contribution >= 4 is 0 Å². The fourth-order valence-corrected chi connectivity index (χ4v) is 15.4. The lowest BCUT2D eigenvalue weighted by Crippen LogP contribution is -2.00. The molecule has 12 nitrogen and oxygen atoms in total. The first-order valence-corrected chi connectivity index (χ1v) is 41.8. The molecule has 0 atom stereocenters. The molecule has 4 aromatic heterocycles. The molecule has 0 radical (unpaired) electrons. The highest BCUT2D eigenvalue weighted by Gasteiger charge is 2.21. The SMILES string of the molecule is c1ccc(-c2cccc(-c3ccc(-c4nc(-c5ccccc5)nc(-c5cccc(-c6cccc(-c7cccc(-c8nc(-c9ccccc9)nc(-c9ccccc9)n8)c7)c6)c5)n4)cc3)c2)cc1.c1ccc(-c2cccc(-c3ccc(-c4nc(-c5ccccc5)nc(-c5cccc(-c6cccc(-c7nc(-c8ccccc8)nc(-c8ccccc8)n7)c6)c5)n4)cc3)c2)cc1. The molecule has 21 aromatic rings. The van der Waals surface area contributed by atoms with Gasteiger partial charge in [-0.2, -0.15) is 0 Å². The second-order valence-corrected chi connectivity index (χ2v) is 30.4. The van der Waals surface area contributed by atoms with Crippen LogP contribution in [-0.2, 0) is 0 Å². The Hall–Kier alpha value is -17.2. The summed E-state index contributed by atoms with van der Waals surface area (Å²) in [6.45, 7) is 0. The minimum Gasteiger partial charge on any atom is -0.208 e. The van der Waals surface area contributed by atoms with Crippen LogP contribution in [0, 0.1) is 0 Å². The Morgan fingerprint density at radius 2 is 0.167 bits per heavy atom. The van der Waals surface area contributed by atoms with Gasteiger partial charge in [-0.25, -0.2) is 59.8 Å². The molecule has 126 heavy (non-hydrogen) atoms. The molecule has 0 unspecified atom stereocenters. The minimum atomic E-state index is 0.592. The quantitative estimate of drug-likeness (QED) is 0.0757. The van der Waals surface area contributed by atoms with E-state index in [1.165, 1.54) is 22.3 Å². The molecule has 0 aliphatic carbocycles. The van der Waals surface area contributed by atoms with Crippen molar-refractivity contribution in [2.75, 3.05) is 0 Å². The molecule has 0 N–H and O–H groups in total. The van der Waals surface area contributed by atoms with Gasteiger partial charge in [0, 0.05) is 66.8 Å². The van der Waals surface area contributed by atoms with Gasteiger partial charge in [-0.05, 0) is 120 Å². The number of aromatic nitrogens is 12. The molecular weight excluding hydrogens is 1540 g/mol. The van der Waals surface area contributed by atoms with Gasteiger partial charge in [0.2, 0.25) is 0 Å². The van der Waals surface area contributed by atoms with E-state index in [1.807, 2.05) is 218 Å². The zero-order chi connectivity index (χ0) is 84.2. The van der Waals surface area contributed by atoms with Gasteiger partial charge >= 0.3 is 0 Å². The lowest BCUT2D eigenvalue weighted by Gasteiger charge is -2.11. The molecule has 4 heterocycles. The summed E-state index contributed by atoms with van der Waals surface area (Å²) in [4.78, 5) is 59.9. The fraction of sp³-hybridized carbons (Fsp3) is 0. The smallest absolute Gasteiger partial charge is 0.164 e. The molecule has 0 amide bonds. The highest BCUT2D eigenvalue weighted by atomic mass is 15.1. The first-order valence-electron chi connectivity index (χ1n) is 41.8. The molecule has 592 valence electrons. The number of benzene rings is 17. The molecule has 17 aromatic carbocycles. The van der Waals surface area contributed by atoms with E-state index in [2.05, 4.69) is 243 Å². The summed E-state index contributed by atoms with van der Waals surface area (Å²) in [7, 11) is 0. The summed E-state index contributed by atoms with van der Waals surface area (Å²) in [5.74, 6) is 7.37. The van der Waals surface area contributed by atoms with Gasteiger partial charge in [0.15, 0.2) is 69.9 Å². The maximum atomic E-state index is 5.11. The van der Waals surface area contributed by atoms with Crippen LogP contribution in [-0.4, -0.2) is 59.8 Å². The number of hydrogen-bond donors (Lipinski definition) is 0. The lowest BCUT2D eigenvalue weighted by atomic mass is 9.97. The minimum absolute atomic E-state index is 0.592. The maximum absolute atomic E-state index is 5.11. The van der Waals surface area contributed by atoms with Crippen LogP contribution in [0.25, 0.3) is 215 Å². The second kappa shape index (κ2) is 36.0. The second-order valence-electron chi connectivity index (χ2n) is 30.4. The molecule has 0 aliphatic rings. The van der Waals surface area contributed by atoms with Crippen LogP contribution in [0.1, 0.15) is 0 Å². The summed E-state index contributed by atoms with van der Waals surface area (Å²) in [6.07, 6.45) is 0. The standard InChI is InChI=1S/C60H40N6.C54H36N6/c1-5-17-41(18-6-1)47-25-13-26-48(37-47)42-33-35-46(36-34-42)58-62-57(45-23-11-4-12-24-45)65-60(66-58)54-32-16-30-52(40-54)50-28-14-27-49(38-50)51-29-15-31-53(39-51)59-63-55(43-19-7-2-8-20-43)61-56(64-59)44-21-9-3-10-22-44;1-5-16-37(17-6-1)43-24-13-25-44(34-43)38-30-32-42(33-31-38)52-56-51(41-22-11-4-12-23-41)59-54(60-52)48-29-15-27-46(36-48)45-26-14-28-47(35-45)53-57-49(39-18-7-2-8-19-39)55-50(58-53)40-20-9-3-10-21-40/h1-40H;1-36H. The number of hydrogen-bond acceptors (Lipinski definition) is 12. The van der Waals surface area contributed by atoms with Crippen molar-refractivity contribution in [3.8, 4) is 215 Å². The van der Waals surface area contributed by atoms with E-state index in [9.17, 15) is 0 Å². The molecule has 0 bridgehead atoms. The van der Waals surface area contributed by atoms with Gasteiger partial charge in [-0.1, -0.05) is 419 Å². The van der Waals surface area contributed by atoms with Gasteiger partial charge in [-0.3, -0.25) is 0 Å². The predicted octanol–water partition coefficient (Wildman–Crippen LogP) is 27.8. The molecule has 0 saturated heterocycles. The van der Waals surface area contributed by atoms with E-state index in [0.717, 1.165) is 122 Å². The van der Waals surface area contributed by atoms with Crippen LogP contribution in [0.3, 0.4) is 0 Å². The summed E-state index contributed by atoms with van der Waals surface area (Å²) in [6, 6.07) is 158. The van der Waals surface area contributed by atoms with Crippen LogP contribution in [0.15, 0.2) is 461 Å². The summed E-state index contributed by atoms with van der Waals surface area (Å²) >= 11 is 0. The normalized spacial score (nSPS) is 11.0. The van der Waals surface area contributed by atoms with Gasteiger partial charge in [0.1, 0.15) is 0 Å². The summed E-state index contributed by atoms with van der Waals surface area (Å²) in [5.41, 5.74) is 26.5. The van der Waals surface area contributed by atoms with Gasteiger partial charge in [0.25, 0.3) is 0 Å². The van der Waals surface area contributed by atoms with E-state index < -0.39 is 0 Å². The van der Waals surface area contributed by atoms with Gasteiger partial charge < -0.3 is 0 Å². The van der Waals surface area contributed by atoms with Crippen LogP contribution >= 0.6 is 0 Å². The lowest BCUT2D eigenvalue weighted by molar-refractivity contribution is 1.07. The molecule has 12 heteroatoms. The molecule has 21 rings (SSSR count). The zero-order valence-electron chi connectivity index (χ0n) is 68.2. The van der Waals surface area contributed by atoms with Crippen LogP contribution in [0.4, 0.5) is 0 Å². The third-order valence-electron chi connectivity index (χ3n) is 22.0. The highest BCUT2D eigenvalue weighted by Crippen LogP contribution is 2.38. The maximum Gasteiger partial charge on any atom is 0.164 e. The molecule has 0 aliphatic heterocycles. The first-order chi connectivity index (χ1) is 62.4. The molecule has 0 fully saturated rings. The van der Waals surface area contributed by atoms with Crippen LogP contribution in [0.2, 0.25) is 0 Å². The fourth-order valence-electron chi connectivity index (χ4n) is 15.4. The van der Waals surface area contributed by atoms with Crippen molar-refractivity contribution < 1.29 is 0 Å². The van der Waals surface area contributed by atoms with Crippen molar-refractivity contribution in [2.24, 2.45) is 0 Å². The highest BCUT2D eigenvalue weighted by molar-refractivity contribution is 5.83. The van der Waals surface area contributed by atoms with E-state index in [-0.39, 0.29) is 0 Å². The average Bonchev–Trinajstić information content (AvgIpc) is 0.795. The summed E-state index contributed by atoms with van der Waals surface area (Å²) < 4.78 is 0. The van der Waals surface area contributed by atoms with E-state index >= 15 is 0 Å². The predicted molar refractivity (Wildman–Crippen MR) is 510 cm³/mol. The third kappa shape index (κ3) is 17.6. The zero-order valence-corrected chi connectivity index (χ0v) is 68.2. The molecule has 0 spiro atoms. The van der Waals surface area contributed by atoms with Crippen molar-refractivity contribution in [2.45, 2.75) is 0 Å². The van der Waals surface area contributed by atoms with Crippen LogP contribution in [0.5, 0.6) is 0 Å². The van der Waals surface area contributed by atoms with Gasteiger partial charge in [-0.15, -0.1) is 0 Å². The summed E-state index contributed by atoms with van der Waals surface area (Å²) in [5, 5.41) is 0. The monoisotopic (exact) mass is 1610 g/mol. The van der Waals surface area contributed by atoms with Crippen LogP contribution < -0.4 is 0 Å². The first kappa shape index (κ1) is 77.4. The van der Waals surface area contributed by atoms with E-state index in [1.54, 1.807) is 0 Å². The van der Waals surface area contributed by atoms with Crippen molar-refractivity contribution in [1.29, 1.82) is 0 Å². The number of nitrogens with zero attached hydrogens (tertiary/aromatic N) is 12. The Kier molecular flexibility index (Phi) is 22.1. The Morgan fingerprint density at radius 1 is 0.0714 bits per heavy atom. The van der Waals surface area contributed by atoms with Crippen molar-refractivity contribution in [3.05, 3.63) is 461 Å². The van der Waals surface area contributed by atoms with E-state index in [4.69, 9.17) is 59.8 Å². The Balaban J connectivity index is 0.000000160. The van der Waals surface area contributed by atoms with Gasteiger partial charge in [0.05, 0.1) is 0 Å². The largest absolute Gasteiger partial charge is 0.208 e. The van der Waals surface area contributed by atoms with Crippen molar-refractivity contribution in [1.82, 2.24) is 59.8 Å². The molecular formula is C114H76N12.